The van der Waals surface area contributed by atoms with Gasteiger partial charge in [0, 0.05) is 11.1 Å². The van der Waals surface area contributed by atoms with E-state index in [9.17, 15) is 8.78 Å². The number of allylic oxidation sites excluding steroid dienone is 2. The van der Waals surface area contributed by atoms with Crippen LogP contribution in [0.1, 0.15) is 35.6 Å². The van der Waals surface area contributed by atoms with Gasteiger partial charge in [-0.25, -0.2) is 8.78 Å². The van der Waals surface area contributed by atoms with Gasteiger partial charge in [0.1, 0.15) is 0 Å². The van der Waals surface area contributed by atoms with E-state index < -0.39 is 11.6 Å². The minimum Gasteiger partial charge on any atom is -0.204 e. The Balaban J connectivity index is 1.81. The summed E-state index contributed by atoms with van der Waals surface area (Å²) in [4.78, 5) is 0. The van der Waals surface area contributed by atoms with E-state index in [1.165, 1.54) is 17.2 Å². The molecular weight excluding hydrogens is 290 g/mol. The van der Waals surface area contributed by atoms with Crippen molar-refractivity contribution in [3.8, 4) is 11.8 Å². The van der Waals surface area contributed by atoms with E-state index in [0.717, 1.165) is 37.0 Å². The van der Waals surface area contributed by atoms with Gasteiger partial charge < -0.3 is 0 Å². The van der Waals surface area contributed by atoms with E-state index >= 15 is 0 Å². The highest BCUT2D eigenvalue weighted by molar-refractivity contribution is 5.46. The molecule has 116 valence electrons. The summed E-state index contributed by atoms with van der Waals surface area (Å²) in [6.45, 7) is 2.06. The van der Waals surface area contributed by atoms with Gasteiger partial charge in [0.25, 0.3) is 0 Å². The summed E-state index contributed by atoms with van der Waals surface area (Å²) in [7, 11) is 0. The first-order valence-electron chi connectivity index (χ1n) is 7.87. The third-order valence-electron chi connectivity index (χ3n) is 4.21. The molecule has 2 aromatic carbocycles. The maximum Gasteiger partial charge on any atom is 0.160 e. The van der Waals surface area contributed by atoms with Crippen LogP contribution in [0, 0.1) is 29.4 Å². The van der Waals surface area contributed by atoms with Crippen molar-refractivity contribution >= 4 is 0 Å². The van der Waals surface area contributed by atoms with E-state index in [1.54, 1.807) is 0 Å². The molecule has 0 aliphatic heterocycles. The first-order chi connectivity index (χ1) is 11.2. The molecule has 0 fully saturated rings. The van der Waals surface area contributed by atoms with Crippen LogP contribution in [0.5, 0.6) is 0 Å². The zero-order valence-electron chi connectivity index (χ0n) is 13.1. The SMILES string of the molecule is C/C=C/C1CCc2cc(C#Cc3ccc(F)c(F)c3)ccc2C1. The van der Waals surface area contributed by atoms with Gasteiger partial charge in [-0.15, -0.1) is 0 Å². The van der Waals surface area contributed by atoms with Crippen molar-refractivity contribution in [2.75, 3.05) is 0 Å². The molecule has 0 heterocycles. The Kier molecular flexibility index (Phi) is 4.57. The van der Waals surface area contributed by atoms with Gasteiger partial charge in [-0.1, -0.05) is 30.1 Å². The lowest BCUT2D eigenvalue weighted by Gasteiger charge is -2.22. The van der Waals surface area contributed by atoms with Crippen molar-refractivity contribution in [1.82, 2.24) is 0 Å². The third-order valence-corrected chi connectivity index (χ3v) is 4.21. The predicted octanol–water partition coefficient (Wildman–Crippen LogP) is 5.05. The van der Waals surface area contributed by atoms with Gasteiger partial charge in [-0.2, -0.15) is 0 Å². The fourth-order valence-corrected chi connectivity index (χ4v) is 3.02. The average molecular weight is 308 g/mol. The van der Waals surface area contributed by atoms with Crippen LogP contribution in [0.2, 0.25) is 0 Å². The molecule has 2 heteroatoms. The van der Waals surface area contributed by atoms with Crippen LogP contribution in [0.15, 0.2) is 48.6 Å². The number of fused-ring (bicyclic) bond motifs is 1. The number of hydrogen-bond acceptors (Lipinski definition) is 0. The quantitative estimate of drug-likeness (QED) is 0.511. The standard InChI is InChI=1S/C21H18F2/c1-2-3-15-6-9-19-13-16(7-10-18(19)12-15)4-5-17-8-11-20(22)21(23)14-17/h2-3,7-8,10-11,13-15H,6,9,12H2,1H3/b3-2+. The largest absolute Gasteiger partial charge is 0.204 e. The van der Waals surface area contributed by atoms with Crippen molar-refractivity contribution in [3.63, 3.8) is 0 Å². The molecule has 1 atom stereocenters. The number of halogens is 2. The van der Waals surface area contributed by atoms with Crippen LogP contribution in [0.25, 0.3) is 0 Å². The lowest BCUT2D eigenvalue weighted by atomic mass is 9.83. The lowest BCUT2D eigenvalue weighted by molar-refractivity contribution is 0.508. The fourth-order valence-electron chi connectivity index (χ4n) is 3.02. The van der Waals surface area contributed by atoms with Gasteiger partial charge in [-0.05, 0) is 73.6 Å². The molecule has 0 radical (unpaired) electrons. The number of benzene rings is 2. The maximum absolute atomic E-state index is 13.2. The summed E-state index contributed by atoms with van der Waals surface area (Å²) in [6, 6.07) is 9.99. The summed E-state index contributed by atoms with van der Waals surface area (Å²) in [6.07, 6.45) is 7.70. The van der Waals surface area contributed by atoms with E-state index in [4.69, 9.17) is 0 Å². The van der Waals surface area contributed by atoms with Gasteiger partial charge in [0.05, 0.1) is 0 Å². The minimum atomic E-state index is -0.864. The summed E-state index contributed by atoms with van der Waals surface area (Å²) in [5, 5.41) is 0. The molecule has 0 aromatic heterocycles. The second-order valence-corrected chi connectivity index (χ2v) is 5.89. The van der Waals surface area contributed by atoms with Crippen LogP contribution in [-0.4, -0.2) is 0 Å². The predicted molar refractivity (Wildman–Crippen MR) is 89.1 cm³/mol. The maximum atomic E-state index is 13.2. The summed E-state index contributed by atoms with van der Waals surface area (Å²) in [5.41, 5.74) is 4.13. The number of rotatable bonds is 1. The molecule has 0 N–H and O–H groups in total. The Bertz CT molecular complexity index is 806. The molecule has 0 bridgehead atoms. The van der Waals surface area contributed by atoms with Gasteiger partial charge >= 0.3 is 0 Å². The highest BCUT2D eigenvalue weighted by atomic mass is 19.2. The molecule has 0 amide bonds. The van der Waals surface area contributed by atoms with E-state index in [1.807, 2.05) is 6.07 Å². The van der Waals surface area contributed by atoms with Crippen molar-refractivity contribution < 1.29 is 8.78 Å². The molecule has 0 spiro atoms. The van der Waals surface area contributed by atoms with Crippen molar-refractivity contribution in [1.29, 1.82) is 0 Å². The second kappa shape index (κ2) is 6.79. The van der Waals surface area contributed by atoms with Crippen LogP contribution in [-0.2, 0) is 12.8 Å². The highest BCUT2D eigenvalue weighted by Crippen LogP contribution is 2.27. The molecule has 0 saturated heterocycles. The molecule has 2 aromatic rings. The summed E-state index contributed by atoms with van der Waals surface area (Å²) < 4.78 is 26.1. The number of hydrogen-bond donors (Lipinski definition) is 0. The topological polar surface area (TPSA) is 0 Å². The molecule has 3 rings (SSSR count). The normalized spacial score (nSPS) is 16.7. The molecule has 0 saturated carbocycles. The Labute approximate surface area is 135 Å². The van der Waals surface area contributed by atoms with Gasteiger partial charge in [0.15, 0.2) is 11.6 Å². The van der Waals surface area contributed by atoms with Crippen molar-refractivity contribution in [2.24, 2.45) is 5.92 Å². The molecule has 0 nitrogen and oxygen atoms in total. The smallest absolute Gasteiger partial charge is 0.160 e. The lowest BCUT2D eigenvalue weighted by Crippen LogP contribution is -2.12. The molecule has 1 aliphatic rings. The third kappa shape index (κ3) is 3.68. The Morgan fingerprint density at radius 2 is 1.70 bits per heavy atom. The van der Waals surface area contributed by atoms with E-state index in [-0.39, 0.29) is 0 Å². The first kappa shape index (κ1) is 15.5. The Morgan fingerprint density at radius 1 is 0.957 bits per heavy atom. The van der Waals surface area contributed by atoms with Crippen LogP contribution in [0.3, 0.4) is 0 Å². The van der Waals surface area contributed by atoms with Crippen LogP contribution in [0.4, 0.5) is 8.78 Å². The Morgan fingerprint density at radius 3 is 2.43 bits per heavy atom. The number of aryl methyl sites for hydroxylation is 1. The average Bonchev–Trinajstić information content (AvgIpc) is 2.56. The molecular formula is C21H18F2. The van der Waals surface area contributed by atoms with Crippen LogP contribution >= 0.6 is 0 Å². The van der Waals surface area contributed by atoms with Gasteiger partial charge in [-0.3, -0.25) is 0 Å². The minimum absolute atomic E-state index is 0.481. The van der Waals surface area contributed by atoms with E-state index in [0.29, 0.717) is 11.5 Å². The Hall–Kier alpha value is -2.40. The zero-order chi connectivity index (χ0) is 16.2. The summed E-state index contributed by atoms with van der Waals surface area (Å²) in [5.74, 6) is 4.86. The van der Waals surface area contributed by atoms with E-state index in [2.05, 4.69) is 43.0 Å². The zero-order valence-corrected chi connectivity index (χ0v) is 13.1. The molecule has 1 aliphatic carbocycles. The molecule has 1 unspecified atom stereocenters. The van der Waals surface area contributed by atoms with Crippen molar-refractivity contribution in [3.05, 3.63) is 82.4 Å². The fraction of sp³-hybridized carbons (Fsp3) is 0.238. The second-order valence-electron chi connectivity index (χ2n) is 5.89. The summed E-state index contributed by atoms with van der Waals surface area (Å²) >= 11 is 0. The van der Waals surface area contributed by atoms with Gasteiger partial charge in [0.2, 0.25) is 0 Å². The molecule has 23 heavy (non-hydrogen) atoms. The monoisotopic (exact) mass is 308 g/mol. The van der Waals surface area contributed by atoms with Crippen LogP contribution < -0.4 is 0 Å². The first-order valence-corrected chi connectivity index (χ1v) is 7.87. The highest BCUT2D eigenvalue weighted by Gasteiger charge is 2.16. The van der Waals surface area contributed by atoms with Crippen molar-refractivity contribution in [2.45, 2.75) is 26.2 Å².